The molecule has 25 heavy (non-hydrogen) atoms. The highest BCUT2D eigenvalue weighted by molar-refractivity contribution is 7.19. The van der Waals surface area contributed by atoms with E-state index in [1.807, 2.05) is 33.7 Å². The molecule has 3 aromatic heterocycles. The molecule has 0 bridgehead atoms. The highest BCUT2D eigenvalue weighted by atomic mass is 32.1. The summed E-state index contributed by atoms with van der Waals surface area (Å²) in [5.74, 6) is 1.21. The van der Waals surface area contributed by atoms with E-state index in [4.69, 9.17) is 0 Å². The van der Waals surface area contributed by atoms with Crippen LogP contribution in [-0.2, 0) is 12.8 Å². The van der Waals surface area contributed by atoms with E-state index in [-0.39, 0.29) is 5.91 Å². The van der Waals surface area contributed by atoms with Gasteiger partial charge in [-0.05, 0) is 36.3 Å². The zero-order valence-corrected chi connectivity index (χ0v) is 15.4. The Kier molecular flexibility index (Phi) is 3.71. The summed E-state index contributed by atoms with van der Waals surface area (Å²) >= 11 is 3.34. The molecule has 1 aliphatic heterocycles. The summed E-state index contributed by atoms with van der Waals surface area (Å²) in [6.07, 6.45) is 5.26. The number of amides is 1. The lowest BCUT2D eigenvalue weighted by Crippen LogP contribution is -2.49. The smallest absolute Gasteiger partial charge is 0.264 e. The molecule has 7 heteroatoms. The van der Waals surface area contributed by atoms with Gasteiger partial charge >= 0.3 is 0 Å². The van der Waals surface area contributed by atoms with Gasteiger partial charge in [-0.25, -0.2) is 9.97 Å². The molecule has 0 atom stereocenters. The first-order valence-corrected chi connectivity index (χ1v) is 10.3. The second kappa shape index (κ2) is 6.07. The Hall–Kier alpha value is -1.99. The second-order valence-electron chi connectivity index (χ2n) is 6.49. The van der Waals surface area contributed by atoms with Gasteiger partial charge in [0.05, 0.1) is 10.3 Å². The van der Waals surface area contributed by atoms with Crippen molar-refractivity contribution in [2.45, 2.75) is 19.3 Å². The number of nitrogens with zero attached hydrogens (tertiary/aromatic N) is 4. The van der Waals surface area contributed by atoms with Gasteiger partial charge in [0.1, 0.15) is 17.0 Å². The van der Waals surface area contributed by atoms with E-state index in [9.17, 15) is 4.79 Å². The van der Waals surface area contributed by atoms with Gasteiger partial charge < -0.3 is 9.80 Å². The molecule has 5 rings (SSSR count). The highest BCUT2D eigenvalue weighted by Crippen LogP contribution is 2.40. The summed E-state index contributed by atoms with van der Waals surface area (Å²) in [6.45, 7) is 3.14. The molecule has 1 fully saturated rings. The first-order chi connectivity index (χ1) is 12.3. The Morgan fingerprint density at radius 1 is 1.12 bits per heavy atom. The molecule has 1 amide bonds. The minimum Gasteiger partial charge on any atom is -0.352 e. The van der Waals surface area contributed by atoms with Gasteiger partial charge in [0.2, 0.25) is 0 Å². The van der Waals surface area contributed by atoms with Crippen LogP contribution >= 0.6 is 22.7 Å². The first kappa shape index (κ1) is 15.3. The van der Waals surface area contributed by atoms with Gasteiger partial charge in [-0.2, -0.15) is 0 Å². The third-order valence-electron chi connectivity index (χ3n) is 5.08. The Labute approximate surface area is 153 Å². The first-order valence-electron chi connectivity index (χ1n) is 8.64. The van der Waals surface area contributed by atoms with Crippen molar-refractivity contribution in [2.24, 2.45) is 0 Å². The minimum atomic E-state index is 0.152. The summed E-state index contributed by atoms with van der Waals surface area (Å²) in [6, 6.07) is 3.84. The van der Waals surface area contributed by atoms with E-state index < -0.39 is 0 Å². The maximum absolute atomic E-state index is 12.5. The van der Waals surface area contributed by atoms with Crippen LogP contribution in [0.3, 0.4) is 0 Å². The monoisotopic (exact) mass is 370 g/mol. The fourth-order valence-corrected chi connectivity index (χ4v) is 5.74. The van der Waals surface area contributed by atoms with E-state index in [2.05, 4.69) is 14.9 Å². The van der Waals surface area contributed by atoms with Crippen molar-refractivity contribution >= 4 is 44.6 Å². The van der Waals surface area contributed by atoms with Crippen LogP contribution in [0, 0.1) is 0 Å². The number of aryl methyl sites for hydroxylation is 2. The summed E-state index contributed by atoms with van der Waals surface area (Å²) in [5.41, 5.74) is 1.47. The molecule has 0 unspecified atom stereocenters. The van der Waals surface area contributed by atoms with Crippen molar-refractivity contribution < 1.29 is 4.79 Å². The maximum atomic E-state index is 12.5. The molecular formula is C18H18N4OS2. The summed E-state index contributed by atoms with van der Waals surface area (Å²) in [5, 5.41) is 3.22. The third-order valence-corrected chi connectivity index (χ3v) is 7.14. The lowest BCUT2D eigenvalue weighted by molar-refractivity contribution is 0.0751. The Balaban J connectivity index is 1.39. The molecule has 0 saturated carbocycles. The van der Waals surface area contributed by atoms with Crippen molar-refractivity contribution in [3.05, 3.63) is 39.2 Å². The maximum Gasteiger partial charge on any atom is 0.264 e. The molecule has 2 aliphatic rings. The van der Waals surface area contributed by atoms with Gasteiger partial charge in [0.25, 0.3) is 5.91 Å². The zero-order valence-electron chi connectivity index (χ0n) is 13.8. The average molecular weight is 371 g/mol. The third kappa shape index (κ3) is 2.53. The molecule has 0 aromatic carbocycles. The SMILES string of the molecule is O=C(c1cccs1)N1CCN(c2ncnc3sc4c(c23)CCC4)CC1. The molecule has 0 spiro atoms. The highest BCUT2D eigenvalue weighted by Gasteiger charge is 2.27. The number of carbonyl (C=O) groups excluding carboxylic acids is 1. The standard InChI is InChI=1S/C18H18N4OS2/c23-18(14-5-2-10-24-14)22-8-6-21(7-9-22)16-15-12-3-1-4-13(12)25-17(15)20-11-19-16/h2,5,10-11H,1,3-4,6-9H2. The normalized spacial score (nSPS) is 17.3. The molecule has 3 aromatic rings. The van der Waals surface area contributed by atoms with E-state index in [1.54, 1.807) is 6.33 Å². The van der Waals surface area contributed by atoms with Crippen LogP contribution in [0.15, 0.2) is 23.8 Å². The molecule has 128 valence electrons. The number of hydrogen-bond donors (Lipinski definition) is 0. The van der Waals surface area contributed by atoms with Gasteiger partial charge in [0, 0.05) is 31.1 Å². The van der Waals surface area contributed by atoms with Crippen LogP contribution in [-0.4, -0.2) is 47.0 Å². The number of fused-ring (bicyclic) bond motifs is 3. The molecule has 1 saturated heterocycles. The van der Waals surface area contributed by atoms with Crippen LogP contribution < -0.4 is 4.90 Å². The second-order valence-corrected chi connectivity index (χ2v) is 8.52. The fourth-order valence-electron chi connectivity index (χ4n) is 3.83. The Bertz CT molecular complexity index is 926. The molecule has 1 aliphatic carbocycles. The van der Waals surface area contributed by atoms with Crippen molar-refractivity contribution in [3.63, 3.8) is 0 Å². The Morgan fingerprint density at radius 2 is 2.00 bits per heavy atom. The number of thiophene rings is 2. The van der Waals surface area contributed by atoms with Crippen molar-refractivity contribution in [1.29, 1.82) is 0 Å². The fraction of sp³-hybridized carbons (Fsp3) is 0.389. The summed E-state index contributed by atoms with van der Waals surface area (Å²) in [7, 11) is 0. The predicted octanol–water partition coefficient (Wildman–Crippen LogP) is 3.20. The van der Waals surface area contributed by atoms with Crippen LogP contribution in [0.1, 0.15) is 26.5 Å². The van der Waals surface area contributed by atoms with Gasteiger partial charge in [0.15, 0.2) is 0 Å². The van der Waals surface area contributed by atoms with Gasteiger partial charge in [-0.1, -0.05) is 6.07 Å². The van der Waals surface area contributed by atoms with Gasteiger partial charge in [-0.15, -0.1) is 22.7 Å². The number of carbonyl (C=O) groups is 1. The molecule has 4 heterocycles. The molecule has 0 radical (unpaired) electrons. The number of hydrogen-bond acceptors (Lipinski definition) is 6. The van der Waals surface area contributed by atoms with Crippen molar-refractivity contribution in [2.75, 3.05) is 31.1 Å². The topological polar surface area (TPSA) is 49.3 Å². The lowest BCUT2D eigenvalue weighted by Gasteiger charge is -2.35. The lowest BCUT2D eigenvalue weighted by atomic mass is 10.1. The molecular weight excluding hydrogens is 352 g/mol. The van der Waals surface area contributed by atoms with Crippen molar-refractivity contribution in [1.82, 2.24) is 14.9 Å². The van der Waals surface area contributed by atoms with Crippen LogP contribution in [0.5, 0.6) is 0 Å². The number of anilines is 1. The van der Waals surface area contributed by atoms with Crippen LogP contribution in [0.2, 0.25) is 0 Å². The summed E-state index contributed by atoms with van der Waals surface area (Å²) < 4.78 is 0. The zero-order chi connectivity index (χ0) is 16.8. The molecule has 0 N–H and O–H groups in total. The van der Waals surface area contributed by atoms with Crippen LogP contribution in [0.25, 0.3) is 10.2 Å². The van der Waals surface area contributed by atoms with Crippen LogP contribution in [0.4, 0.5) is 5.82 Å². The Morgan fingerprint density at radius 3 is 2.80 bits per heavy atom. The van der Waals surface area contributed by atoms with E-state index in [0.29, 0.717) is 0 Å². The number of aromatic nitrogens is 2. The van der Waals surface area contributed by atoms with Crippen molar-refractivity contribution in [3.8, 4) is 0 Å². The average Bonchev–Trinajstić information content (AvgIpc) is 3.37. The van der Waals surface area contributed by atoms with Gasteiger partial charge in [-0.3, -0.25) is 4.79 Å². The quantitative estimate of drug-likeness (QED) is 0.695. The van der Waals surface area contributed by atoms with E-state index >= 15 is 0 Å². The molecule has 5 nitrogen and oxygen atoms in total. The van der Waals surface area contributed by atoms with E-state index in [1.165, 1.54) is 40.0 Å². The largest absolute Gasteiger partial charge is 0.352 e. The minimum absolute atomic E-state index is 0.152. The van der Waals surface area contributed by atoms with E-state index in [0.717, 1.165) is 48.1 Å². The number of rotatable bonds is 2. The summed E-state index contributed by atoms with van der Waals surface area (Å²) in [4.78, 5) is 29.4. The number of piperazine rings is 1. The predicted molar refractivity (Wildman–Crippen MR) is 102 cm³/mol.